The van der Waals surface area contributed by atoms with Crippen molar-refractivity contribution in [1.82, 2.24) is 0 Å². The molecule has 2 unspecified atom stereocenters. The largest absolute Gasteiger partial charge is 0.497 e. The monoisotopic (exact) mass is 434 g/mol. The van der Waals surface area contributed by atoms with Gasteiger partial charge in [-0.3, -0.25) is 4.79 Å². The molecule has 31 heavy (non-hydrogen) atoms. The van der Waals surface area contributed by atoms with Gasteiger partial charge >= 0.3 is 5.97 Å². The molecule has 178 valence electrons. The molecule has 0 aromatic heterocycles. The van der Waals surface area contributed by atoms with Crippen LogP contribution in [-0.2, 0) is 16.0 Å². The molecule has 1 N–H and O–H groups in total. The molecule has 0 aliphatic carbocycles. The van der Waals surface area contributed by atoms with E-state index in [2.05, 4.69) is 41.5 Å². The number of benzene rings is 1. The van der Waals surface area contributed by atoms with E-state index in [0.717, 1.165) is 17.7 Å². The first-order valence-corrected chi connectivity index (χ1v) is 12.0. The Kier molecular flexibility index (Phi) is 11.6. The Morgan fingerprint density at radius 3 is 2.26 bits per heavy atom. The van der Waals surface area contributed by atoms with E-state index in [9.17, 15) is 9.90 Å². The van der Waals surface area contributed by atoms with Crippen LogP contribution < -0.4 is 4.74 Å². The molecule has 4 nitrogen and oxygen atoms in total. The van der Waals surface area contributed by atoms with Gasteiger partial charge in [-0.05, 0) is 55.7 Å². The summed E-state index contributed by atoms with van der Waals surface area (Å²) in [5.41, 5.74) is 0.662. The quantitative estimate of drug-likeness (QED) is 0.298. The maximum absolute atomic E-state index is 11.9. The lowest BCUT2D eigenvalue weighted by Crippen LogP contribution is -2.43. The van der Waals surface area contributed by atoms with E-state index in [1.807, 2.05) is 24.3 Å². The Balaban J connectivity index is 2.74. The van der Waals surface area contributed by atoms with Gasteiger partial charge in [0.05, 0.1) is 25.2 Å². The molecule has 1 aromatic carbocycles. The van der Waals surface area contributed by atoms with E-state index >= 15 is 0 Å². The molecule has 0 heterocycles. The normalized spacial score (nSPS) is 14.3. The maximum atomic E-state index is 11.9. The number of carboxylic acid groups (broad SMARTS) is 1. The smallest absolute Gasteiger partial charge is 0.309 e. The average molecular weight is 435 g/mol. The lowest BCUT2D eigenvalue weighted by molar-refractivity contribution is -0.150. The number of hydrogen-bond donors (Lipinski definition) is 1. The van der Waals surface area contributed by atoms with Gasteiger partial charge in [0.1, 0.15) is 5.75 Å². The number of rotatable bonds is 15. The minimum absolute atomic E-state index is 0.0957. The summed E-state index contributed by atoms with van der Waals surface area (Å²) in [6.07, 6.45) is 9.21. The van der Waals surface area contributed by atoms with Gasteiger partial charge in [-0.25, -0.2) is 0 Å². The Morgan fingerprint density at radius 2 is 1.68 bits per heavy atom. The Bertz CT molecular complexity index is 645. The lowest BCUT2D eigenvalue weighted by atomic mass is 9.69. The second-order valence-corrected chi connectivity index (χ2v) is 10.5. The minimum Gasteiger partial charge on any atom is -0.497 e. The Labute approximate surface area is 190 Å². The molecule has 0 aliphatic rings. The molecular weight excluding hydrogens is 388 g/mol. The number of ether oxygens (including phenoxy) is 2. The Morgan fingerprint density at radius 1 is 1.03 bits per heavy atom. The number of carbonyl (C=O) groups is 1. The molecular formula is C27H46O4. The van der Waals surface area contributed by atoms with Crippen LogP contribution in [0.15, 0.2) is 24.3 Å². The second kappa shape index (κ2) is 13.1. The van der Waals surface area contributed by atoms with Crippen LogP contribution in [0.1, 0.15) is 92.1 Å². The van der Waals surface area contributed by atoms with Crippen LogP contribution in [0.2, 0.25) is 0 Å². The predicted octanol–water partition coefficient (Wildman–Crippen LogP) is 7.15. The fourth-order valence-corrected chi connectivity index (χ4v) is 4.67. The van der Waals surface area contributed by atoms with Gasteiger partial charge < -0.3 is 14.6 Å². The number of methoxy groups -OCH3 is 1. The summed E-state index contributed by atoms with van der Waals surface area (Å²) in [6.45, 7) is 13.5. The van der Waals surface area contributed by atoms with Crippen LogP contribution in [0.3, 0.4) is 0 Å². The molecule has 0 aliphatic heterocycles. The molecule has 0 spiro atoms. The molecule has 0 bridgehead atoms. The van der Waals surface area contributed by atoms with E-state index in [1.54, 1.807) is 7.11 Å². The van der Waals surface area contributed by atoms with Crippen LogP contribution in [0.25, 0.3) is 0 Å². The zero-order valence-corrected chi connectivity index (χ0v) is 21.0. The highest BCUT2D eigenvalue weighted by Gasteiger charge is 2.39. The summed E-state index contributed by atoms with van der Waals surface area (Å²) in [5, 5.41) is 9.79. The first-order chi connectivity index (χ1) is 14.5. The number of carboxylic acids is 1. The van der Waals surface area contributed by atoms with Crippen molar-refractivity contribution in [2.75, 3.05) is 13.7 Å². The summed E-state index contributed by atoms with van der Waals surface area (Å²) in [5.74, 6) is -0.296. The van der Waals surface area contributed by atoms with E-state index in [4.69, 9.17) is 9.47 Å². The third-order valence-corrected chi connectivity index (χ3v) is 6.35. The van der Waals surface area contributed by atoms with Gasteiger partial charge in [0, 0.05) is 0 Å². The third kappa shape index (κ3) is 10.1. The molecule has 0 saturated carbocycles. The van der Waals surface area contributed by atoms with Crippen LogP contribution in [0, 0.1) is 17.3 Å². The molecule has 4 heteroatoms. The summed E-state index contributed by atoms with van der Waals surface area (Å²) >= 11 is 0. The lowest BCUT2D eigenvalue weighted by Gasteiger charge is -2.43. The van der Waals surface area contributed by atoms with E-state index < -0.39 is 11.9 Å². The van der Waals surface area contributed by atoms with Crippen molar-refractivity contribution in [3.63, 3.8) is 0 Å². The van der Waals surface area contributed by atoms with Crippen LogP contribution in [0.5, 0.6) is 5.75 Å². The zero-order valence-electron chi connectivity index (χ0n) is 21.0. The number of unbranched alkanes of at least 4 members (excludes halogenated alkanes) is 5. The fraction of sp³-hybridized carbons (Fsp3) is 0.741. The highest BCUT2D eigenvalue weighted by Crippen LogP contribution is 2.40. The SMILES string of the molecule is CCCCCCCCC(C(C)(C)C)C(C)(C)OCC(Cc1cccc(OC)c1)C(=O)O. The first-order valence-electron chi connectivity index (χ1n) is 12.0. The molecule has 0 radical (unpaired) electrons. The highest BCUT2D eigenvalue weighted by atomic mass is 16.5. The average Bonchev–Trinajstić information content (AvgIpc) is 2.69. The summed E-state index contributed by atoms with van der Waals surface area (Å²) < 4.78 is 11.6. The Hall–Kier alpha value is -1.55. The maximum Gasteiger partial charge on any atom is 0.309 e. The minimum atomic E-state index is -0.818. The summed E-state index contributed by atoms with van der Waals surface area (Å²) in [6, 6.07) is 7.61. The standard InChI is InChI=1S/C27H46O4/c1-8-9-10-11-12-13-17-24(26(2,3)4)27(5,6)31-20-22(25(28)29)18-21-15-14-16-23(19-21)30-7/h14-16,19,22,24H,8-13,17-18,20H2,1-7H3,(H,28,29). The van der Waals surface area contributed by atoms with E-state index in [-0.39, 0.29) is 17.6 Å². The van der Waals surface area contributed by atoms with Gasteiger partial charge in [-0.15, -0.1) is 0 Å². The molecule has 2 atom stereocenters. The van der Waals surface area contributed by atoms with Gasteiger partial charge in [0.25, 0.3) is 0 Å². The highest BCUT2D eigenvalue weighted by molar-refractivity contribution is 5.70. The van der Waals surface area contributed by atoms with Crippen molar-refractivity contribution in [3.8, 4) is 5.75 Å². The molecule has 1 aromatic rings. The van der Waals surface area contributed by atoms with E-state index in [0.29, 0.717) is 12.3 Å². The molecule has 0 amide bonds. The summed E-state index contributed by atoms with van der Waals surface area (Å²) in [4.78, 5) is 11.9. The van der Waals surface area contributed by atoms with Crippen LogP contribution in [0.4, 0.5) is 0 Å². The zero-order chi connectivity index (χ0) is 23.5. The molecule has 0 fully saturated rings. The van der Waals surface area contributed by atoms with Crippen molar-refractivity contribution in [2.24, 2.45) is 17.3 Å². The molecule has 0 saturated heterocycles. The fourth-order valence-electron chi connectivity index (χ4n) is 4.67. The van der Waals surface area contributed by atoms with Crippen molar-refractivity contribution in [2.45, 2.75) is 98.5 Å². The van der Waals surface area contributed by atoms with Crippen LogP contribution >= 0.6 is 0 Å². The number of hydrogen-bond acceptors (Lipinski definition) is 3. The molecule has 1 rings (SSSR count). The number of aliphatic carboxylic acids is 1. The van der Waals surface area contributed by atoms with Crippen molar-refractivity contribution in [3.05, 3.63) is 29.8 Å². The van der Waals surface area contributed by atoms with Crippen molar-refractivity contribution < 1.29 is 19.4 Å². The van der Waals surface area contributed by atoms with Gasteiger partial charge in [-0.2, -0.15) is 0 Å². The topological polar surface area (TPSA) is 55.8 Å². The second-order valence-electron chi connectivity index (χ2n) is 10.5. The third-order valence-electron chi connectivity index (χ3n) is 6.35. The first kappa shape index (κ1) is 27.5. The van der Waals surface area contributed by atoms with Crippen molar-refractivity contribution in [1.29, 1.82) is 0 Å². The van der Waals surface area contributed by atoms with Crippen molar-refractivity contribution >= 4 is 5.97 Å². The summed E-state index contributed by atoms with van der Waals surface area (Å²) in [7, 11) is 1.62. The van der Waals surface area contributed by atoms with Gasteiger partial charge in [0.2, 0.25) is 0 Å². The van der Waals surface area contributed by atoms with Gasteiger partial charge in [0.15, 0.2) is 0 Å². The predicted molar refractivity (Wildman–Crippen MR) is 129 cm³/mol. The van der Waals surface area contributed by atoms with Gasteiger partial charge in [-0.1, -0.05) is 78.4 Å². The van der Waals surface area contributed by atoms with E-state index in [1.165, 1.54) is 38.5 Å². The van der Waals surface area contributed by atoms with Crippen LogP contribution in [-0.4, -0.2) is 30.4 Å².